The molecule has 7 nitrogen and oxygen atoms in total. The van der Waals surface area contributed by atoms with Crippen molar-refractivity contribution in [3.8, 4) is 0 Å². The maximum atomic E-state index is 12.8. The first kappa shape index (κ1) is 19.1. The van der Waals surface area contributed by atoms with Crippen LogP contribution in [0.25, 0.3) is 0 Å². The van der Waals surface area contributed by atoms with E-state index in [1.165, 1.54) is 0 Å². The number of carbonyl (C=O) groups excluding carboxylic acids is 1. The molecule has 3 fully saturated rings. The predicted octanol–water partition coefficient (Wildman–Crippen LogP) is 2.00. The summed E-state index contributed by atoms with van der Waals surface area (Å²) < 4.78 is 1.98. The van der Waals surface area contributed by atoms with Crippen molar-refractivity contribution in [3.63, 3.8) is 0 Å². The Kier molecular flexibility index (Phi) is 5.19. The zero-order valence-corrected chi connectivity index (χ0v) is 17.0. The first-order valence-corrected chi connectivity index (χ1v) is 10.2. The van der Waals surface area contributed by atoms with Gasteiger partial charge < -0.3 is 5.32 Å². The van der Waals surface area contributed by atoms with Crippen LogP contribution < -0.4 is 5.32 Å². The van der Waals surface area contributed by atoms with Crippen molar-refractivity contribution in [3.05, 3.63) is 42.0 Å². The number of nitrogens with zero attached hydrogens (tertiary/aromatic N) is 5. The number of hydrogen-bond donors (Lipinski definition) is 1. The first-order chi connectivity index (χ1) is 13.4. The molecule has 7 heteroatoms. The van der Waals surface area contributed by atoms with Crippen LogP contribution in [0.5, 0.6) is 0 Å². The van der Waals surface area contributed by atoms with Crippen LogP contribution in [0.3, 0.4) is 0 Å². The number of carbonyl (C=O) groups is 1. The SMILES string of the molecule is CC(C)(C)c1cn(C[C@H]2C[C@@H]3CCN2C[C@@H]3C(=O)NCc2cccnc2)nn1. The summed E-state index contributed by atoms with van der Waals surface area (Å²) in [6, 6.07) is 4.33. The molecule has 3 saturated heterocycles. The standard InChI is InChI=1S/C21H30N6O/c1-21(2,3)19-14-27(25-24-19)12-17-9-16-6-8-26(17)13-18(16)20(28)23-11-15-5-4-7-22-10-15/h4-5,7,10,14,16-18H,6,8-9,11-13H2,1-3H3,(H,23,28)/t16-,17+,18-/m0/s1. The van der Waals surface area contributed by atoms with E-state index in [-0.39, 0.29) is 17.2 Å². The summed E-state index contributed by atoms with van der Waals surface area (Å²) in [5, 5.41) is 11.8. The van der Waals surface area contributed by atoms with Gasteiger partial charge in [0.25, 0.3) is 0 Å². The molecule has 2 aromatic heterocycles. The quantitative estimate of drug-likeness (QED) is 0.856. The van der Waals surface area contributed by atoms with E-state index >= 15 is 0 Å². The Labute approximate surface area is 166 Å². The minimum Gasteiger partial charge on any atom is -0.352 e. The lowest BCUT2D eigenvalue weighted by molar-refractivity contribution is -0.133. The summed E-state index contributed by atoms with van der Waals surface area (Å²) in [7, 11) is 0. The highest BCUT2D eigenvalue weighted by atomic mass is 16.1. The topological polar surface area (TPSA) is 75.9 Å². The van der Waals surface area contributed by atoms with Crippen LogP contribution in [-0.2, 0) is 23.3 Å². The molecule has 0 radical (unpaired) electrons. The normalized spacial score (nSPS) is 27.0. The summed E-state index contributed by atoms with van der Waals surface area (Å²) in [5.41, 5.74) is 2.08. The van der Waals surface area contributed by atoms with Crippen LogP contribution in [0.1, 0.15) is 44.9 Å². The number of pyridine rings is 1. The third-order valence-electron chi connectivity index (χ3n) is 6.11. The minimum atomic E-state index is 0.0154. The highest BCUT2D eigenvalue weighted by Gasteiger charge is 2.43. The molecule has 0 saturated carbocycles. The zero-order valence-electron chi connectivity index (χ0n) is 17.0. The Bertz CT molecular complexity index is 812. The molecule has 0 aliphatic carbocycles. The maximum absolute atomic E-state index is 12.8. The molecule has 0 spiro atoms. The van der Waals surface area contributed by atoms with E-state index < -0.39 is 0 Å². The molecule has 5 rings (SSSR count). The van der Waals surface area contributed by atoms with Crippen molar-refractivity contribution in [2.75, 3.05) is 13.1 Å². The van der Waals surface area contributed by atoms with E-state index in [1.54, 1.807) is 12.4 Å². The van der Waals surface area contributed by atoms with Gasteiger partial charge >= 0.3 is 0 Å². The molecule has 1 N–H and O–H groups in total. The van der Waals surface area contributed by atoms with Gasteiger partial charge in [-0.2, -0.15) is 0 Å². The third kappa shape index (κ3) is 4.09. The summed E-state index contributed by atoms with van der Waals surface area (Å²) in [6.45, 7) is 9.78. The Balaban J connectivity index is 1.34. The molecule has 3 aliphatic heterocycles. The molecule has 1 amide bonds. The molecule has 2 bridgehead atoms. The predicted molar refractivity (Wildman–Crippen MR) is 106 cm³/mol. The van der Waals surface area contributed by atoms with Gasteiger partial charge in [-0.3, -0.25) is 19.4 Å². The van der Waals surface area contributed by atoms with Crippen molar-refractivity contribution in [1.29, 1.82) is 0 Å². The van der Waals surface area contributed by atoms with Crippen LogP contribution in [0.2, 0.25) is 0 Å². The van der Waals surface area contributed by atoms with Gasteiger partial charge in [0.05, 0.1) is 18.2 Å². The van der Waals surface area contributed by atoms with Gasteiger partial charge in [-0.1, -0.05) is 32.1 Å². The summed E-state index contributed by atoms with van der Waals surface area (Å²) >= 11 is 0. The van der Waals surface area contributed by atoms with Crippen LogP contribution in [-0.4, -0.2) is 49.9 Å². The van der Waals surface area contributed by atoms with Crippen molar-refractivity contribution in [2.24, 2.45) is 11.8 Å². The second-order valence-electron chi connectivity index (χ2n) is 9.19. The number of aromatic nitrogens is 4. The van der Waals surface area contributed by atoms with Gasteiger partial charge in [0.1, 0.15) is 0 Å². The fourth-order valence-corrected chi connectivity index (χ4v) is 4.40. The number of hydrogen-bond acceptors (Lipinski definition) is 5. The largest absolute Gasteiger partial charge is 0.352 e. The Morgan fingerprint density at radius 1 is 1.36 bits per heavy atom. The molecule has 150 valence electrons. The Morgan fingerprint density at radius 3 is 2.86 bits per heavy atom. The summed E-state index contributed by atoms with van der Waals surface area (Å²) in [6.07, 6.45) is 7.78. The van der Waals surface area contributed by atoms with Crippen LogP contribution in [0, 0.1) is 11.8 Å². The number of rotatable bonds is 5. The molecular weight excluding hydrogens is 352 g/mol. The smallest absolute Gasteiger partial charge is 0.224 e. The number of fused-ring (bicyclic) bond motifs is 3. The fourth-order valence-electron chi connectivity index (χ4n) is 4.40. The lowest BCUT2D eigenvalue weighted by atomic mass is 9.75. The van der Waals surface area contributed by atoms with Crippen LogP contribution in [0.15, 0.2) is 30.7 Å². The number of nitrogens with one attached hydrogen (secondary N) is 1. The maximum Gasteiger partial charge on any atom is 0.224 e. The highest BCUT2D eigenvalue weighted by molar-refractivity contribution is 5.79. The monoisotopic (exact) mass is 382 g/mol. The summed E-state index contributed by atoms with van der Waals surface area (Å²) in [4.78, 5) is 19.3. The summed E-state index contributed by atoms with van der Waals surface area (Å²) in [5.74, 6) is 0.713. The molecule has 4 atom stereocenters. The van der Waals surface area contributed by atoms with Crippen molar-refractivity contribution in [2.45, 2.75) is 58.2 Å². The van der Waals surface area contributed by atoms with Gasteiger partial charge in [0.2, 0.25) is 5.91 Å². The number of amides is 1. The molecule has 5 heterocycles. The van der Waals surface area contributed by atoms with Crippen molar-refractivity contribution < 1.29 is 4.79 Å². The molecular formula is C21H30N6O. The van der Waals surface area contributed by atoms with Crippen molar-refractivity contribution in [1.82, 2.24) is 30.2 Å². The first-order valence-electron chi connectivity index (χ1n) is 10.2. The molecule has 0 aromatic carbocycles. The van der Waals surface area contributed by atoms with Crippen LogP contribution >= 0.6 is 0 Å². The second kappa shape index (κ2) is 7.62. The van der Waals surface area contributed by atoms with Gasteiger partial charge in [0.15, 0.2) is 0 Å². The van der Waals surface area contributed by atoms with E-state index in [2.05, 4.69) is 52.5 Å². The minimum absolute atomic E-state index is 0.0154. The molecule has 2 aromatic rings. The lowest BCUT2D eigenvalue weighted by Gasteiger charge is -2.49. The fraction of sp³-hybridized carbons (Fsp3) is 0.619. The van der Waals surface area contributed by atoms with Crippen LogP contribution in [0.4, 0.5) is 0 Å². The van der Waals surface area contributed by atoms with E-state index in [0.717, 1.165) is 43.7 Å². The van der Waals surface area contributed by atoms with Gasteiger partial charge in [-0.15, -0.1) is 5.10 Å². The molecule has 3 aliphatic rings. The third-order valence-corrected chi connectivity index (χ3v) is 6.11. The van der Waals surface area contributed by atoms with Gasteiger partial charge in [-0.05, 0) is 36.9 Å². The Hall–Kier alpha value is -2.28. The van der Waals surface area contributed by atoms with E-state index in [9.17, 15) is 4.79 Å². The Morgan fingerprint density at radius 2 is 2.21 bits per heavy atom. The number of piperidine rings is 3. The average Bonchev–Trinajstić information content (AvgIpc) is 3.16. The lowest BCUT2D eigenvalue weighted by Crippen LogP contribution is -2.58. The van der Waals surface area contributed by atoms with Crippen molar-refractivity contribution >= 4 is 5.91 Å². The van der Waals surface area contributed by atoms with E-state index in [0.29, 0.717) is 18.5 Å². The van der Waals surface area contributed by atoms with Gasteiger partial charge in [0, 0.05) is 43.1 Å². The average molecular weight is 383 g/mol. The van der Waals surface area contributed by atoms with Gasteiger partial charge in [-0.25, -0.2) is 0 Å². The van der Waals surface area contributed by atoms with E-state index in [4.69, 9.17) is 0 Å². The van der Waals surface area contributed by atoms with E-state index in [1.807, 2.05) is 16.8 Å². The molecule has 28 heavy (non-hydrogen) atoms. The zero-order chi connectivity index (χ0) is 19.7. The second-order valence-corrected chi connectivity index (χ2v) is 9.19. The highest BCUT2D eigenvalue weighted by Crippen LogP contribution is 2.37. The molecule has 1 unspecified atom stereocenters.